The Bertz CT molecular complexity index is 613. The van der Waals surface area contributed by atoms with E-state index in [9.17, 15) is 8.42 Å². The summed E-state index contributed by atoms with van der Waals surface area (Å²) in [6.45, 7) is 1.12. The Morgan fingerprint density at radius 2 is 2.06 bits per heavy atom. The summed E-state index contributed by atoms with van der Waals surface area (Å²) < 4.78 is 25.7. The number of sulfone groups is 1. The van der Waals surface area contributed by atoms with Crippen LogP contribution in [0, 0.1) is 0 Å². The highest BCUT2D eigenvalue weighted by Crippen LogP contribution is 2.06. The molecule has 0 bridgehead atoms. The second-order valence-corrected chi connectivity index (χ2v) is 5.73. The van der Waals surface area contributed by atoms with Crippen LogP contribution in [0.1, 0.15) is 0 Å². The number of nitrogen functional groups attached to an aromatic ring is 1. The molecule has 8 heteroatoms. The lowest BCUT2D eigenvalue weighted by Crippen LogP contribution is -2.08. The highest BCUT2D eigenvalue weighted by Gasteiger charge is 2.09. The van der Waals surface area contributed by atoms with Crippen LogP contribution in [-0.4, -0.2) is 34.2 Å². The van der Waals surface area contributed by atoms with Gasteiger partial charge in [0.15, 0.2) is 9.84 Å². The Labute approximate surface area is 98.8 Å². The first-order valence-corrected chi connectivity index (χ1v) is 6.86. The van der Waals surface area contributed by atoms with Crippen LogP contribution >= 0.6 is 0 Å². The van der Waals surface area contributed by atoms with Crippen molar-refractivity contribution < 1.29 is 8.42 Å². The van der Waals surface area contributed by atoms with E-state index in [2.05, 4.69) is 10.2 Å². The first kappa shape index (κ1) is 11.6. The van der Waals surface area contributed by atoms with E-state index < -0.39 is 9.84 Å². The molecule has 0 aliphatic rings. The van der Waals surface area contributed by atoms with Gasteiger partial charge in [0.1, 0.15) is 10.7 Å². The van der Waals surface area contributed by atoms with Crippen molar-refractivity contribution in [3.63, 3.8) is 0 Å². The molecule has 2 aromatic rings. The molecule has 0 spiro atoms. The molecule has 0 amide bonds. The number of hydrogen-bond donors (Lipinski definition) is 1. The number of nitrogens with two attached hydrogens (primary N) is 1. The molecular formula is C9H13N5O2S. The number of hydrogen-bond acceptors (Lipinski definition) is 5. The third kappa shape index (κ3) is 2.84. The van der Waals surface area contributed by atoms with Crippen molar-refractivity contribution in [3.05, 3.63) is 24.7 Å². The SMILES string of the molecule is CS(=O)(=O)c1cnn(CCn2ccc(N)n2)c1. The van der Waals surface area contributed by atoms with Crippen LogP contribution in [-0.2, 0) is 22.9 Å². The van der Waals surface area contributed by atoms with Gasteiger partial charge in [-0.2, -0.15) is 10.2 Å². The van der Waals surface area contributed by atoms with Crippen molar-refractivity contribution in [2.24, 2.45) is 0 Å². The van der Waals surface area contributed by atoms with Gasteiger partial charge < -0.3 is 5.73 Å². The summed E-state index contributed by atoms with van der Waals surface area (Å²) in [5, 5.41) is 7.99. The average Bonchev–Trinajstić information content (AvgIpc) is 2.82. The summed E-state index contributed by atoms with van der Waals surface area (Å²) in [5.41, 5.74) is 5.48. The van der Waals surface area contributed by atoms with Crippen molar-refractivity contribution in [2.45, 2.75) is 18.0 Å². The fourth-order valence-corrected chi connectivity index (χ4v) is 1.92. The predicted molar refractivity (Wildman–Crippen MR) is 62.0 cm³/mol. The maximum Gasteiger partial charge on any atom is 0.178 e. The predicted octanol–water partition coefficient (Wildman–Crippen LogP) is -0.235. The molecule has 0 saturated heterocycles. The molecule has 0 radical (unpaired) electrons. The summed E-state index contributed by atoms with van der Waals surface area (Å²) in [5.74, 6) is 0.460. The van der Waals surface area contributed by atoms with E-state index >= 15 is 0 Å². The monoisotopic (exact) mass is 255 g/mol. The largest absolute Gasteiger partial charge is 0.382 e. The molecule has 0 atom stereocenters. The van der Waals surface area contributed by atoms with E-state index in [0.717, 1.165) is 6.26 Å². The summed E-state index contributed by atoms with van der Waals surface area (Å²) in [7, 11) is -3.19. The van der Waals surface area contributed by atoms with Crippen LogP contribution in [0.3, 0.4) is 0 Å². The molecular weight excluding hydrogens is 242 g/mol. The third-order valence-corrected chi connectivity index (χ3v) is 3.32. The van der Waals surface area contributed by atoms with Crippen molar-refractivity contribution in [1.29, 1.82) is 0 Å². The number of nitrogens with zero attached hydrogens (tertiary/aromatic N) is 4. The van der Waals surface area contributed by atoms with Crippen LogP contribution in [0.5, 0.6) is 0 Å². The van der Waals surface area contributed by atoms with Crippen molar-refractivity contribution >= 4 is 15.7 Å². The molecule has 0 unspecified atom stereocenters. The van der Waals surface area contributed by atoms with E-state index in [1.54, 1.807) is 21.6 Å². The molecule has 2 heterocycles. The van der Waals surface area contributed by atoms with E-state index in [1.807, 2.05) is 0 Å². The van der Waals surface area contributed by atoms with Gasteiger partial charge in [-0.3, -0.25) is 9.36 Å². The van der Waals surface area contributed by atoms with Gasteiger partial charge in [0.2, 0.25) is 0 Å². The maximum absolute atomic E-state index is 11.2. The summed E-state index contributed by atoms with van der Waals surface area (Å²) in [6, 6.07) is 1.70. The van der Waals surface area contributed by atoms with Gasteiger partial charge in [0.05, 0.1) is 19.3 Å². The second-order valence-electron chi connectivity index (χ2n) is 3.71. The smallest absolute Gasteiger partial charge is 0.178 e. The molecule has 7 nitrogen and oxygen atoms in total. The minimum Gasteiger partial charge on any atom is -0.382 e. The molecule has 2 rings (SSSR count). The Morgan fingerprint density at radius 3 is 2.59 bits per heavy atom. The van der Waals surface area contributed by atoms with Crippen molar-refractivity contribution in [1.82, 2.24) is 19.6 Å². The molecule has 92 valence electrons. The summed E-state index contributed by atoms with van der Waals surface area (Å²) in [6.07, 6.45) is 5.76. The zero-order valence-corrected chi connectivity index (χ0v) is 10.1. The molecule has 0 saturated carbocycles. The first-order chi connectivity index (χ1) is 7.95. The zero-order valence-electron chi connectivity index (χ0n) is 9.31. The average molecular weight is 255 g/mol. The van der Waals surface area contributed by atoms with Crippen LogP contribution in [0.4, 0.5) is 5.82 Å². The molecule has 2 N–H and O–H groups in total. The van der Waals surface area contributed by atoms with Gasteiger partial charge in [0, 0.05) is 18.6 Å². The third-order valence-electron chi connectivity index (χ3n) is 2.26. The van der Waals surface area contributed by atoms with E-state index in [1.165, 1.54) is 12.4 Å². The van der Waals surface area contributed by atoms with Crippen LogP contribution in [0.15, 0.2) is 29.6 Å². The number of aryl methyl sites for hydroxylation is 2. The number of rotatable bonds is 4. The van der Waals surface area contributed by atoms with Crippen molar-refractivity contribution in [2.75, 3.05) is 12.0 Å². The molecule has 17 heavy (non-hydrogen) atoms. The van der Waals surface area contributed by atoms with Gasteiger partial charge in [-0.1, -0.05) is 0 Å². The molecule has 2 aromatic heterocycles. The van der Waals surface area contributed by atoms with Gasteiger partial charge in [-0.15, -0.1) is 0 Å². The summed E-state index contributed by atoms with van der Waals surface area (Å²) in [4.78, 5) is 0.220. The number of aromatic nitrogens is 4. The molecule has 0 aliphatic heterocycles. The van der Waals surface area contributed by atoms with Crippen LogP contribution < -0.4 is 5.73 Å². The molecule has 0 aliphatic carbocycles. The van der Waals surface area contributed by atoms with Gasteiger partial charge in [-0.05, 0) is 6.07 Å². The lowest BCUT2D eigenvalue weighted by atomic mass is 10.6. The van der Waals surface area contributed by atoms with E-state index in [-0.39, 0.29) is 4.90 Å². The lowest BCUT2D eigenvalue weighted by molar-refractivity contribution is 0.500. The Morgan fingerprint density at radius 1 is 1.35 bits per heavy atom. The standard InChI is InChI=1S/C9H13N5O2S/c1-17(15,16)8-6-11-14(7-8)5-4-13-3-2-9(10)12-13/h2-3,6-7H,4-5H2,1H3,(H2,10,12). The van der Waals surface area contributed by atoms with Crippen LogP contribution in [0.2, 0.25) is 0 Å². The van der Waals surface area contributed by atoms with Gasteiger partial charge in [0.25, 0.3) is 0 Å². The van der Waals surface area contributed by atoms with Crippen LogP contribution in [0.25, 0.3) is 0 Å². The minimum absolute atomic E-state index is 0.220. The maximum atomic E-state index is 11.2. The van der Waals surface area contributed by atoms with E-state index in [0.29, 0.717) is 18.9 Å². The lowest BCUT2D eigenvalue weighted by Gasteiger charge is -2.01. The topological polar surface area (TPSA) is 95.8 Å². The van der Waals surface area contributed by atoms with Gasteiger partial charge in [-0.25, -0.2) is 8.42 Å². The first-order valence-electron chi connectivity index (χ1n) is 4.96. The van der Waals surface area contributed by atoms with Gasteiger partial charge >= 0.3 is 0 Å². The fourth-order valence-electron chi connectivity index (χ4n) is 1.37. The minimum atomic E-state index is -3.19. The summed E-state index contributed by atoms with van der Waals surface area (Å²) >= 11 is 0. The Balaban J connectivity index is 2.03. The normalized spacial score (nSPS) is 11.8. The number of anilines is 1. The fraction of sp³-hybridized carbons (Fsp3) is 0.333. The highest BCUT2D eigenvalue weighted by atomic mass is 32.2. The van der Waals surface area contributed by atoms with Crippen molar-refractivity contribution in [3.8, 4) is 0 Å². The Hall–Kier alpha value is -1.83. The molecule has 0 fully saturated rings. The molecule has 0 aromatic carbocycles. The van der Waals surface area contributed by atoms with E-state index in [4.69, 9.17) is 5.73 Å². The zero-order chi connectivity index (χ0) is 12.5. The second kappa shape index (κ2) is 4.21. The Kier molecular flexibility index (Phi) is 2.88. The highest BCUT2D eigenvalue weighted by molar-refractivity contribution is 7.90. The quantitative estimate of drug-likeness (QED) is 0.813.